The van der Waals surface area contributed by atoms with Crippen LogP contribution in [-0.4, -0.2) is 81.8 Å². The van der Waals surface area contributed by atoms with Crippen molar-refractivity contribution in [3.05, 3.63) is 35.9 Å². The van der Waals surface area contributed by atoms with E-state index < -0.39 is 0 Å². The molecule has 0 radical (unpaired) electrons. The molecule has 7 heteroatoms. The molecule has 1 aliphatic heterocycles. The van der Waals surface area contributed by atoms with Crippen LogP contribution < -0.4 is 10.6 Å². The number of ether oxygens (including phenoxy) is 1. The van der Waals surface area contributed by atoms with Crippen LogP contribution in [0.25, 0.3) is 0 Å². The number of aliphatic imine (C=N–C) groups is 1. The maximum atomic E-state index is 5.94. The van der Waals surface area contributed by atoms with Crippen LogP contribution in [0.15, 0.2) is 35.3 Å². The van der Waals surface area contributed by atoms with Crippen LogP contribution in [0.4, 0.5) is 0 Å². The van der Waals surface area contributed by atoms with E-state index in [-0.39, 0.29) is 30.1 Å². The molecule has 0 bridgehead atoms. The van der Waals surface area contributed by atoms with Gasteiger partial charge in [0.15, 0.2) is 5.96 Å². The van der Waals surface area contributed by atoms with E-state index >= 15 is 0 Å². The molecule has 0 aliphatic carbocycles. The lowest BCUT2D eigenvalue weighted by Gasteiger charge is -2.36. The molecule has 2 atom stereocenters. The number of benzene rings is 1. The Morgan fingerprint density at radius 1 is 1.21 bits per heavy atom. The fraction of sp³-hybridized carbons (Fsp3) is 0.667. The predicted molar refractivity (Wildman–Crippen MR) is 129 cm³/mol. The molecule has 1 fully saturated rings. The molecule has 2 unspecified atom stereocenters. The number of likely N-dealkylation sites (N-methyl/N-ethyl adjacent to an activating group) is 2. The van der Waals surface area contributed by atoms with E-state index in [1.165, 1.54) is 5.56 Å². The number of nitrogens with zero attached hydrogens (tertiary/aromatic N) is 3. The van der Waals surface area contributed by atoms with Crippen LogP contribution >= 0.6 is 24.0 Å². The van der Waals surface area contributed by atoms with Gasteiger partial charge in [0.1, 0.15) is 0 Å². The Kier molecular flexibility index (Phi) is 12.7. The number of rotatable bonds is 9. The van der Waals surface area contributed by atoms with Crippen molar-refractivity contribution >= 4 is 29.9 Å². The van der Waals surface area contributed by atoms with Gasteiger partial charge in [0.05, 0.1) is 12.6 Å². The van der Waals surface area contributed by atoms with Crippen molar-refractivity contribution in [2.24, 2.45) is 4.99 Å². The standard InChI is InChI=1S/C21H37N5O.HI/c1-5-22-21(24-16-20-17-25(3)13-14-26(20)4)23-12-9-15-27-18(2)19-10-7-6-8-11-19;/h6-8,10-11,18,20H,5,9,12-17H2,1-4H3,(H2,22,23,24);1H. The highest BCUT2D eigenvalue weighted by molar-refractivity contribution is 14.0. The first kappa shape index (κ1) is 25.1. The molecule has 160 valence electrons. The molecule has 2 rings (SSSR count). The van der Waals surface area contributed by atoms with Crippen molar-refractivity contribution in [3.63, 3.8) is 0 Å². The van der Waals surface area contributed by atoms with E-state index in [4.69, 9.17) is 9.73 Å². The second-order valence-corrected chi connectivity index (χ2v) is 7.32. The summed E-state index contributed by atoms with van der Waals surface area (Å²) in [5, 5.41) is 6.77. The lowest BCUT2D eigenvalue weighted by Crippen LogP contribution is -2.51. The molecule has 6 nitrogen and oxygen atoms in total. The molecule has 0 spiro atoms. The van der Waals surface area contributed by atoms with E-state index in [9.17, 15) is 0 Å². The van der Waals surface area contributed by atoms with Crippen molar-refractivity contribution in [1.82, 2.24) is 20.4 Å². The number of halogens is 1. The quantitative estimate of drug-likeness (QED) is 0.235. The van der Waals surface area contributed by atoms with Gasteiger partial charge >= 0.3 is 0 Å². The second-order valence-electron chi connectivity index (χ2n) is 7.32. The summed E-state index contributed by atoms with van der Waals surface area (Å²) in [7, 11) is 4.38. The summed E-state index contributed by atoms with van der Waals surface area (Å²) >= 11 is 0. The first-order valence-corrected chi connectivity index (χ1v) is 10.2. The zero-order valence-corrected chi connectivity index (χ0v) is 20.2. The lowest BCUT2D eigenvalue weighted by molar-refractivity contribution is 0.0646. The third-order valence-corrected chi connectivity index (χ3v) is 5.03. The largest absolute Gasteiger partial charge is 0.374 e. The van der Waals surface area contributed by atoms with E-state index in [0.717, 1.165) is 58.3 Å². The minimum atomic E-state index is 0. The molecule has 0 aromatic heterocycles. The van der Waals surface area contributed by atoms with Gasteiger partial charge in [0.2, 0.25) is 0 Å². The molecule has 1 aromatic carbocycles. The van der Waals surface area contributed by atoms with Gasteiger partial charge in [-0.1, -0.05) is 30.3 Å². The molecule has 1 aromatic rings. The highest BCUT2D eigenvalue weighted by Crippen LogP contribution is 2.15. The predicted octanol–water partition coefficient (Wildman–Crippen LogP) is 2.57. The molecule has 1 heterocycles. The Bertz CT molecular complexity index is 557. The first-order chi connectivity index (χ1) is 13.1. The zero-order chi connectivity index (χ0) is 19.5. The third-order valence-electron chi connectivity index (χ3n) is 5.03. The van der Waals surface area contributed by atoms with Crippen LogP contribution in [0, 0.1) is 0 Å². The molecular weight excluding hydrogens is 465 g/mol. The number of piperazine rings is 1. The average molecular weight is 503 g/mol. The van der Waals surface area contributed by atoms with Gasteiger partial charge in [-0.05, 0) is 39.9 Å². The van der Waals surface area contributed by atoms with Gasteiger partial charge in [0, 0.05) is 45.4 Å². The molecule has 2 N–H and O–H groups in total. The van der Waals surface area contributed by atoms with E-state index in [2.05, 4.69) is 72.6 Å². The Hall–Kier alpha value is -0.900. The van der Waals surface area contributed by atoms with Gasteiger partial charge < -0.3 is 20.3 Å². The van der Waals surface area contributed by atoms with Crippen molar-refractivity contribution in [2.75, 3.05) is 60.0 Å². The van der Waals surface area contributed by atoms with Crippen molar-refractivity contribution in [1.29, 1.82) is 0 Å². The first-order valence-electron chi connectivity index (χ1n) is 10.2. The van der Waals surface area contributed by atoms with Crippen molar-refractivity contribution < 1.29 is 4.74 Å². The minimum Gasteiger partial charge on any atom is -0.374 e. The number of guanidine groups is 1. The molecule has 1 aliphatic rings. The normalized spacial score (nSPS) is 19.7. The summed E-state index contributed by atoms with van der Waals surface area (Å²) in [6.07, 6.45) is 1.08. The van der Waals surface area contributed by atoms with Crippen molar-refractivity contribution in [2.45, 2.75) is 32.4 Å². The minimum absolute atomic E-state index is 0. The second kappa shape index (κ2) is 14.1. The Balaban J connectivity index is 0.00000392. The highest BCUT2D eigenvalue weighted by atomic mass is 127. The zero-order valence-electron chi connectivity index (χ0n) is 17.9. The number of hydrogen-bond acceptors (Lipinski definition) is 4. The maximum Gasteiger partial charge on any atom is 0.191 e. The van der Waals surface area contributed by atoms with E-state index in [1.54, 1.807) is 0 Å². The smallest absolute Gasteiger partial charge is 0.191 e. The lowest BCUT2D eigenvalue weighted by atomic mass is 10.1. The molecule has 0 saturated carbocycles. The Morgan fingerprint density at radius 3 is 2.68 bits per heavy atom. The monoisotopic (exact) mass is 503 g/mol. The van der Waals surface area contributed by atoms with Crippen LogP contribution in [0.2, 0.25) is 0 Å². The summed E-state index contributed by atoms with van der Waals surface area (Å²) in [6.45, 7) is 10.8. The number of hydrogen-bond donors (Lipinski definition) is 2. The van der Waals surface area contributed by atoms with Crippen LogP contribution in [0.3, 0.4) is 0 Å². The van der Waals surface area contributed by atoms with Crippen LogP contribution in [0.1, 0.15) is 31.9 Å². The summed E-state index contributed by atoms with van der Waals surface area (Å²) in [6, 6.07) is 10.8. The number of nitrogens with one attached hydrogen (secondary N) is 2. The van der Waals surface area contributed by atoms with Gasteiger partial charge in [-0.2, -0.15) is 0 Å². The average Bonchev–Trinajstić information content (AvgIpc) is 2.68. The van der Waals surface area contributed by atoms with Crippen LogP contribution in [0.5, 0.6) is 0 Å². The Morgan fingerprint density at radius 2 is 1.96 bits per heavy atom. The molecule has 0 amide bonds. The van der Waals surface area contributed by atoms with Gasteiger partial charge in [-0.3, -0.25) is 9.89 Å². The third kappa shape index (κ3) is 9.07. The molecular formula is C21H38IN5O. The maximum absolute atomic E-state index is 5.94. The van der Waals surface area contributed by atoms with Gasteiger partial charge in [0.25, 0.3) is 0 Å². The van der Waals surface area contributed by atoms with E-state index in [1.807, 2.05) is 6.07 Å². The van der Waals surface area contributed by atoms with Crippen molar-refractivity contribution in [3.8, 4) is 0 Å². The van der Waals surface area contributed by atoms with Gasteiger partial charge in [-0.15, -0.1) is 24.0 Å². The summed E-state index contributed by atoms with van der Waals surface area (Å²) in [5.41, 5.74) is 1.22. The topological polar surface area (TPSA) is 52.1 Å². The van der Waals surface area contributed by atoms with E-state index in [0.29, 0.717) is 6.04 Å². The fourth-order valence-corrected chi connectivity index (χ4v) is 3.20. The summed E-state index contributed by atoms with van der Waals surface area (Å²) in [5.74, 6) is 0.898. The highest BCUT2D eigenvalue weighted by Gasteiger charge is 2.21. The van der Waals surface area contributed by atoms with Crippen LogP contribution in [-0.2, 0) is 4.74 Å². The SMILES string of the molecule is CCNC(=NCC1CN(C)CCN1C)NCCCOC(C)c1ccccc1.I. The Labute approximate surface area is 188 Å². The molecule has 1 saturated heterocycles. The van der Waals surface area contributed by atoms with Gasteiger partial charge in [-0.25, -0.2) is 0 Å². The fourth-order valence-electron chi connectivity index (χ4n) is 3.20. The molecule has 28 heavy (non-hydrogen) atoms. The summed E-state index contributed by atoms with van der Waals surface area (Å²) in [4.78, 5) is 9.58. The summed E-state index contributed by atoms with van der Waals surface area (Å²) < 4.78 is 5.94.